The minimum atomic E-state index is -1.93. The standard InChI is InChI=1S/C10H22O2S/c1-4-5-6-7-8-9-10(2,3)13(11)12/h4-9H2,1-3H3,(H,11,12)/p-1. The van der Waals surface area contributed by atoms with Gasteiger partial charge < -0.3 is 4.55 Å². The third-order valence-electron chi connectivity index (χ3n) is 2.33. The van der Waals surface area contributed by atoms with Crippen LogP contribution in [0.2, 0.25) is 0 Å². The first kappa shape index (κ1) is 13.1. The van der Waals surface area contributed by atoms with E-state index in [4.69, 9.17) is 0 Å². The lowest BCUT2D eigenvalue weighted by Gasteiger charge is -2.27. The fourth-order valence-electron chi connectivity index (χ4n) is 1.24. The topological polar surface area (TPSA) is 40.1 Å². The van der Waals surface area contributed by atoms with Gasteiger partial charge in [0, 0.05) is 4.75 Å². The molecule has 0 saturated heterocycles. The van der Waals surface area contributed by atoms with E-state index in [0.29, 0.717) is 0 Å². The van der Waals surface area contributed by atoms with Crippen LogP contribution in [0.15, 0.2) is 0 Å². The van der Waals surface area contributed by atoms with Crippen LogP contribution in [0, 0.1) is 0 Å². The van der Waals surface area contributed by atoms with Crippen molar-refractivity contribution in [2.24, 2.45) is 0 Å². The van der Waals surface area contributed by atoms with Crippen LogP contribution in [0.3, 0.4) is 0 Å². The summed E-state index contributed by atoms with van der Waals surface area (Å²) in [5, 5.41) is 0. The Kier molecular flexibility index (Phi) is 6.60. The molecule has 0 spiro atoms. The average Bonchev–Trinajstić information content (AvgIpc) is 2.03. The molecular formula is C10H21O2S-. The molecule has 0 aromatic carbocycles. The molecule has 0 N–H and O–H groups in total. The molecule has 2 nitrogen and oxygen atoms in total. The summed E-state index contributed by atoms with van der Waals surface area (Å²) in [6.45, 7) is 5.75. The van der Waals surface area contributed by atoms with Crippen LogP contribution in [0.4, 0.5) is 0 Å². The Hall–Kier alpha value is 0.110. The van der Waals surface area contributed by atoms with Gasteiger partial charge in [0.1, 0.15) is 0 Å². The van der Waals surface area contributed by atoms with Crippen molar-refractivity contribution in [2.45, 2.75) is 64.0 Å². The lowest BCUT2D eigenvalue weighted by molar-refractivity contribution is 0.466. The zero-order chi connectivity index (χ0) is 10.3. The third kappa shape index (κ3) is 6.22. The number of unbranched alkanes of at least 4 members (excludes halogenated alkanes) is 4. The molecule has 1 unspecified atom stereocenters. The summed E-state index contributed by atoms with van der Waals surface area (Å²) in [6.07, 6.45) is 6.71. The molecule has 13 heavy (non-hydrogen) atoms. The van der Waals surface area contributed by atoms with E-state index in [-0.39, 0.29) is 0 Å². The molecule has 0 radical (unpaired) electrons. The van der Waals surface area contributed by atoms with Crippen LogP contribution in [0.1, 0.15) is 59.3 Å². The van der Waals surface area contributed by atoms with E-state index < -0.39 is 15.8 Å². The van der Waals surface area contributed by atoms with Gasteiger partial charge in [0.05, 0.1) is 0 Å². The molecule has 0 rings (SSSR count). The van der Waals surface area contributed by atoms with Crippen LogP contribution < -0.4 is 0 Å². The molecule has 3 heteroatoms. The highest BCUT2D eigenvalue weighted by atomic mass is 32.2. The van der Waals surface area contributed by atoms with Crippen LogP contribution in [0.25, 0.3) is 0 Å². The van der Waals surface area contributed by atoms with Crippen molar-refractivity contribution >= 4 is 11.1 Å². The molecule has 80 valence electrons. The van der Waals surface area contributed by atoms with Crippen molar-refractivity contribution in [1.29, 1.82) is 0 Å². The Bertz CT molecular complexity index is 155. The lowest BCUT2D eigenvalue weighted by atomic mass is 10.0. The van der Waals surface area contributed by atoms with Crippen molar-refractivity contribution in [3.63, 3.8) is 0 Å². The number of hydrogen-bond acceptors (Lipinski definition) is 2. The Labute approximate surface area is 84.4 Å². The zero-order valence-electron chi connectivity index (χ0n) is 8.97. The minimum Gasteiger partial charge on any atom is -0.772 e. The zero-order valence-corrected chi connectivity index (χ0v) is 9.78. The molecular weight excluding hydrogens is 184 g/mol. The largest absolute Gasteiger partial charge is 0.772 e. The van der Waals surface area contributed by atoms with Crippen molar-refractivity contribution in [3.05, 3.63) is 0 Å². The predicted molar refractivity (Wildman–Crippen MR) is 56.4 cm³/mol. The third-order valence-corrected chi connectivity index (χ3v) is 3.44. The Morgan fingerprint density at radius 3 is 2.15 bits per heavy atom. The van der Waals surface area contributed by atoms with Gasteiger partial charge in [0.25, 0.3) is 0 Å². The average molecular weight is 205 g/mol. The van der Waals surface area contributed by atoms with Crippen molar-refractivity contribution in [1.82, 2.24) is 0 Å². The molecule has 0 aromatic heterocycles. The molecule has 0 bridgehead atoms. The molecule has 0 amide bonds. The Morgan fingerprint density at radius 1 is 1.15 bits per heavy atom. The summed E-state index contributed by atoms with van der Waals surface area (Å²) in [7, 11) is 0. The van der Waals surface area contributed by atoms with Gasteiger partial charge in [0.15, 0.2) is 0 Å². The Balaban J connectivity index is 3.46. The van der Waals surface area contributed by atoms with Gasteiger partial charge in [-0.15, -0.1) is 0 Å². The van der Waals surface area contributed by atoms with E-state index in [1.165, 1.54) is 19.3 Å². The maximum absolute atomic E-state index is 10.7. The van der Waals surface area contributed by atoms with E-state index in [1.54, 1.807) is 13.8 Å². The molecule has 0 fully saturated rings. The van der Waals surface area contributed by atoms with Gasteiger partial charge in [-0.1, -0.05) is 39.0 Å². The van der Waals surface area contributed by atoms with Gasteiger partial charge in [0.2, 0.25) is 0 Å². The maximum Gasteiger partial charge on any atom is 0.0271 e. The number of hydrogen-bond donors (Lipinski definition) is 0. The maximum atomic E-state index is 10.7. The molecule has 1 atom stereocenters. The fourth-order valence-corrected chi connectivity index (χ4v) is 1.55. The second kappa shape index (κ2) is 6.55. The van der Waals surface area contributed by atoms with Gasteiger partial charge in [-0.2, -0.15) is 0 Å². The summed E-state index contributed by atoms with van der Waals surface area (Å²) >= 11 is -1.93. The van der Waals surface area contributed by atoms with Crippen molar-refractivity contribution in [2.75, 3.05) is 0 Å². The monoisotopic (exact) mass is 205 g/mol. The summed E-state index contributed by atoms with van der Waals surface area (Å²) in [5.41, 5.74) is 0. The van der Waals surface area contributed by atoms with E-state index in [2.05, 4.69) is 6.92 Å². The van der Waals surface area contributed by atoms with E-state index in [0.717, 1.165) is 19.3 Å². The van der Waals surface area contributed by atoms with Crippen LogP contribution in [-0.4, -0.2) is 13.5 Å². The van der Waals surface area contributed by atoms with Gasteiger partial charge in [-0.3, -0.25) is 4.21 Å². The van der Waals surface area contributed by atoms with E-state index >= 15 is 0 Å². The van der Waals surface area contributed by atoms with Crippen molar-refractivity contribution in [3.8, 4) is 0 Å². The second-order valence-electron chi connectivity index (χ2n) is 4.16. The van der Waals surface area contributed by atoms with Crippen LogP contribution >= 0.6 is 0 Å². The summed E-state index contributed by atoms with van der Waals surface area (Å²) in [4.78, 5) is 0. The first-order chi connectivity index (χ1) is 6.00. The summed E-state index contributed by atoms with van der Waals surface area (Å²) in [6, 6.07) is 0. The van der Waals surface area contributed by atoms with Crippen LogP contribution in [0.5, 0.6) is 0 Å². The molecule has 0 aliphatic carbocycles. The SMILES string of the molecule is CCCCCCCC(C)(C)S(=O)[O-]. The minimum absolute atomic E-state index is 0.536. The first-order valence-electron chi connectivity index (χ1n) is 5.10. The van der Waals surface area contributed by atoms with Gasteiger partial charge >= 0.3 is 0 Å². The molecule has 0 saturated carbocycles. The highest BCUT2D eigenvalue weighted by molar-refractivity contribution is 7.80. The molecule has 0 aromatic rings. The van der Waals surface area contributed by atoms with Gasteiger partial charge in [-0.25, -0.2) is 0 Å². The smallest absolute Gasteiger partial charge is 0.0271 e. The van der Waals surface area contributed by atoms with E-state index in [1.807, 2.05) is 0 Å². The number of rotatable bonds is 7. The van der Waals surface area contributed by atoms with Gasteiger partial charge in [-0.05, 0) is 31.3 Å². The quantitative estimate of drug-likeness (QED) is 0.473. The summed E-state index contributed by atoms with van der Waals surface area (Å²) < 4.78 is 20.9. The van der Waals surface area contributed by atoms with Crippen molar-refractivity contribution < 1.29 is 8.76 Å². The van der Waals surface area contributed by atoms with Crippen LogP contribution in [-0.2, 0) is 11.1 Å². The molecule has 0 heterocycles. The predicted octanol–water partition coefficient (Wildman–Crippen LogP) is 3.00. The molecule has 0 aliphatic heterocycles. The lowest BCUT2D eigenvalue weighted by Crippen LogP contribution is -2.25. The highest BCUT2D eigenvalue weighted by Gasteiger charge is 2.17. The normalized spacial score (nSPS) is 14.5. The molecule has 0 aliphatic rings. The first-order valence-corrected chi connectivity index (χ1v) is 6.17. The Morgan fingerprint density at radius 2 is 1.69 bits per heavy atom. The highest BCUT2D eigenvalue weighted by Crippen LogP contribution is 2.20. The summed E-state index contributed by atoms with van der Waals surface area (Å²) in [5.74, 6) is 0. The van der Waals surface area contributed by atoms with E-state index in [9.17, 15) is 8.76 Å². The fraction of sp³-hybridized carbons (Fsp3) is 1.00. The second-order valence-corrected chi connectivity index (χ2v) is 5.73.